The van der Waals surface area contributed by atoms with Gasteiger partial charge >= 0.3 is 0 Å². The number of nitrogens with zero attached hydrogens (tertiary/aromatic N) is 3. The average Bonchev–Trinajstić information content (AvgIpc) is 3.32. The summed E-state index contributed by atoms with van der Waals surface area (Å²) in [5.41, 5.74) is 5.13. The molecule has 1 spiro atoms. The molecular weight excluding hydrogens is 408 g/mol. The zero-order valence-electron chi connectivity index (χ0n) is 19.4. The number of allylic oxidation sites excluding steroid dienone is 6. The van der Waals surface area contributed by atoms with E-state index in [2.05, 4.69) is 57.5 Å². The Hall–Kier alpha value is -3.34. The SMILES string of the molecule is C=C1C=CC=CC1=N/C=C(\C)N1CCC2(CCCN(Cc3cccc4[nH]ccc34)C2=O)CC1. The predicted molar refractivity (Wildman–Crippen MR) is 135 cm³/mol. The molecule has 0 saturated carbocycles. The van der Waals surface area contributed by atoms with Crippen molar-refractivity contribution in [3.8, 4) is 0 Å². The van der Waals surface area contributed by atoms with Gasteiger partial charge in [-0.2, -0.15) is 0 Å². The molecule has 5 rings (SSSR count). The highest BCUT2D eigenvalue weighted by Gasteiger charge is 2.45. The molecule has 2 saturated heterocycles. The third-order valence-corrected chi connectivity index (χ3v) is 7.47. The molecule has 0 unspecified atom stereocenters. The van der Waals surface area contributed by atoms with E-state index in [1.807, 2.05) is 36.7 Å². The summed E-state index contributed by atoms with van der Waals surface area (Å²) in [5, 5.41) is 1.22. The van der Waals surface area contributed by atoms with Gasteiger partial charge in [0, 0.05) is 55.2 Å². The number of hydrogen-bond acceptors (Lipinski definition) is 3. The molecule has 1 aromatic heterocycles. The number of amides is 1. The Kier molecular flexibility index (Phi) is 5.79. The van der Waals surface area contributed by atoms with Crippen LogP contribution in [0.4, 0.5) is 0 Å². The number of aliphatic imine (C=N–C) groups is 1. The highest BCUT2D eigenvalue weighted by atomic mass is 16.2. The number of aromatic amines is 1. The molecular formula is C28H32N4O. The number of piperidine rings is 2. The number of nitrogens with one attached hydrogen (secondary N) is 1. The van der Waals surface area contributed by atoms with Crippen LogP contribution in [-0.4, -0.2) is 46.0 Å². The van der Waals surface area contributed by atoms with E-state index in [0.29, 0.717) is 12.5 Å². The average molecular weight is 441 g/mol. The molecule has 0 bridgehead atoms. The van der Waals surface area contributed by atoms with Crippen molar-refractivity contribution < 1.29 is 4.79 Å². The van der Waals surface area contributed by atoms with Crippen LogP contribution in [0, 0.1) is 5.41 Å². The van der Waals surface area contributed by atoms with E-state index >= 15 is 0 Å². The molecule has 2 aromatic rings. The fraction of sp³-hybridized carbons (Fsp3) is 0.357. The van der Waals surface area contributed by atoms with Crippen LogP contribution in [0.25, 0.3) is 10.9 Å². The quantitative estimate of drug-likeness (QED) is 0.696. The third kappa shape index (κ3) is 4.20. The Morgan fingerprint density at radius 2 is 1.97 bits per heavy atom. The number of H-pyrrole nitrogens is 1. The minimum atomic E-state index is -0.210. The van der Waals surface area contributed by atoms with Crippen molar-refractivity contribution in [2.24, 2.45) is 10.4 Å². The van der Waals surface area contributed by atoms with Crippen LogP contribution < -0.4 is 0 Å². The van der Waals surface area contributed by atoms with Gasteiger partial charge in [-0.3, -0.25) is 9.79 Å². The molecule has 0 radical (unpaired) electrons. The highest BCUT2D eigenvalue weighted by molar-refractivity contribution is 6.11. The molecule has 1 aliphatic carbocycles. The molecule has 2 fully saturated rings. The van der Waals surface area contributed by atoms with Crippen LogP contribution in [0.5, 0.6) is 0 Å². The summed E-state index contributed by atoms with van der Waals surface area (Å²) >= 11 is 0. The second kappa shape index (κ2) is 8.89. The minimum Gasteiger partial charge on any atom is -0.374 e. The summed E-state index contributed by atoms with van der Waals surface area (Å²) in [6.45, 7) is 9.51. The molecule has 5 heteroatoms. The smallest absolute Gasteiger partial charge is 0.229 e. The van der Waals surface area contributed by atoms with E-state index in [1.165, 1.54) is 10.9 Å². The number of benzene rings is 1. The first-order chi connectivity index (χ1) is 16.1. The second-order valence-electron chi connectivity index (χ2n) is 9.48. The van der Waals surface area contributed by atoms with Crippen LogP contribution in [0.2, 0.25) is 0 Å². The monoisotopic (exact) mass is 440 g/mol. The Labute approximate surface area is 195 Å². The van der Waals surface area contributed by atoms with Crippen LogP contribution in [0.3, 0.4) is 0 Å². The number of rotatable bonds is 4. The standard InChI is InChI=1S/C28H32N4O/c1-21-7-3-4-9-25(21)30-19-22(2)31-17-13-28(14-18-31)12-6-16-32(27(28)33)20-23-8-5-10-26-24(23)11-15-29-26/h3-5,7-11,15,19,29H,1,6,12-14,16-18,20H2,2H3/b22-19+,30-25?. The maximum absolute atomic E-state index is 13.7. The first-order valence-corrected chi connectivity index (χ1v) is 11.9. The second-order valence-corrected chi connectivity index (χ2v) is 9.48. The molecule has 33 heavy (non-hydrogen) atoms. The number of likely N-dealkylation sites (tertiary alicyclic amines) is 2. The minimum absolute atomic E-state index is 0.210. The normalized spacial score (nSPS) is 22.2. The number of aromatic nitrogens is 1. The lowest BCUT2D eigenvalue weighted by atomic mass is 9.71. The highest BCUT2D eigenvalue weighted by Crippen LogP contribution is 2.42. The lowest BCUT2D eigenvalue weighted by Gasteiger charge is -2.47. The fourth-order valence-corrected chi connectivity index (χ4v) is 5.43. The van der Waals surface area contributed by atoms with Crippen LogP contribution in [0.1, 0.15) is 38.2 Å². The summed E-state index contributed by atoms with van der Waals surface area (Å²) in [5.74, 6) is 0.346. The Morgan fingerprint density at radius 1 is 1.15 bits per heavy atom. The van der Waals surface area contributed by atoms with Crippen molar-refractivity contribution in [3.63, 3.8) is 0 Å². The third-order valence-electron chi connectivity index (χ3n) is 7.47. The lowest BCUT2D eigenvalue weighted by Crippen LogP contribution is -2.53. The number of hydrogen-bond donors (Lipinski definition) is 1. The summed E-state index contributed by atoms with van der Waals surface area (Å²) in [6.07, 6.45) is 15.7. The van der Waals surface area contributed by atoms with Gasteiger partial charge in [0.25, 0.3) is 0 Å². The topological polar surface area (TPSA) is 51.7 Å². The van der Waals surface area contributed by atoms with Crippen molar-refractivity contribution in [1.82, 2.24) is 14.8 Å². The Balaban J connectivity index is 1.25. The molecule has 3 heterocycles. The summed E-state index contributed by atoms with van der Waals surface area (Å²) in [6, 6.07) is 8.42. The van der Waals surface area contributed by atoms with E-state index < -0.39 is 0 Å². The van der Waals surface area contributed by atoms with Crippen molar-refractivity contribution >= 4 is 22.5 Å². The zero-order valence-corrected chi connectivity index (χ0v) is 19.4. The van der Waals surface area contributed by atoms with Crippen molar-refractivity contribution in [2.45, 2.75) is 39.2 Å². The fourth-order valence-electron chi connectivity index (χ4n) is 5.43. The van der Waals surface area contributed by atoms with Crippen molar-refractivity contribution in [2.75, 3.05) is 19.6 Å². The summed E-state index contributed by atoms with van der Waals surface area (Å²) in [4.78, 5) is 26.0. The summed E-state index contributed by atoms with van der Waals surface area (Å²) < 4.78 is 0. The first-order valence-electron chi connectivity index (χ1n) is 11.9. The maximum Gasteiger partial charge on any atom is 0.229 e. The molecule has 170 valence electrons. The van der Waals surface area contributed by atoms with Gasteiger partial charge in [0.15, 0.2) is 0 Å². The molecule has 1 N–H and O–H groups in total. The number of fused-ring (bicyclic) bond motifs is 1. The molecule has 0 atom stereocenters. The number of carbonyl (C=O) groups is 1. The van der Waals surface area contributed by atoms with Gasteiger partial charge in [-0.05, 0) is 62.0 Å². The zero-order chi connectivity index (χ0) is 22.8. The van der Waals surface area contributed by atoms with E-state index in [1.54, 1.807) is 0 Å². The maximum atomic E-state index is 13.7. The van der Waals surface area contributed by atoms with Gasteiger partial charge in [-0.15, -0.1) is 0 Å². The van der Waals surface area contributed by atoms with Crippen LogP contribution in [-0.2, 0) is 11.3 Å². The molecule has 3 aliphatic rings. The van der Waals surface area contributed by atoms with E-state index in [0.717, 1.165) is 67.8 Å². The van der Waals surface area contributed by atoms with Gasteiger partial charge in [0.05, 0.1) is 11.1 Å². The van der Waals surface area contributed by atoms with Crippen LogP contribution in [0.15, 0.2) is 83.8 Å². The van der Waals surface area contributed by atoms with Gasteiger partial charge in [0.1, 0.15) is 0 Å². The summed E-state index contributed by atoms with van der Waals surface area (Å²) in [7, 11) is 0. The molecule has 5 nitrogen and oxygen atoms in total. The van der Waals surface area contributed by atoms with Crippen molar-refractivity contribution in [3.05, 3.63) is 84.4 Å². The predicted octanol–water partition coefficient (Wildman–Crippen LogP) is 5.36. The molecule has 1 amide bonds. The largest absolute Gasteiger partial charge is 0.374 e. The lowest BCUT2D eigenvalue weighted by molar-refractivity contribution is -0.150. The van der Waals surface area contributed by atoms with E-state index in [9.17, 15) is 4.79 Å². The van der Waals surface area contributed by atoms with Gasteiger partial charge < -0.3 is 14.8 Å². The van der Waals surface area contributed by atoms with E-state index in [4.69, 9.17) is 0 Å². The van der Waals surface area contributed by atoms with E-state index in [-0.39, 0.29) is 5.41 Å². The first kappa shape index (κ1) is 21.5. The van der Waals surface area contributed by atoms with Crippen LogP contribution >= 0.6 is 0 Å². The Morgan fingerprint density at radius 3 is 2.79 bits per heavy atom. The molecule has 2 aliphatic heterocycles. The molecule has 1 aromatic carbocycles. The Bertz CT molecular complexity index is 1190. The van der Waals surface area contributed by atoms with Gasteiger partial charge in [-0.25, -0.2) is 0 Å². The van der Waals surface area contributed by atoms with Crippen molar-refractivity contribution in [1.29, 1.82) is 0 Å². The van der Waals surface area contributed by atoms with Gasteiger partial charge in [-0.1, -0.05) is 36.9 Å². The number of carbonyl (C=O) groups excluding carboxylic acids is 1. The van der Waals surface area contributed by atoms with Gasteiger partial charge in [0.2, 0.25) is 5.91 Å².